The van der Waals surface area contributed by atoms with Gasteiger partial charge in [-0.25, -0.2) is 9.36 Å². The number of hydrogen-bond donors (Lipinski definition) is 1. The van der Waals surface area contributed by atoms with E-state index in [0.29, 0.717) is 12.5 Å². The van der Waals surface area contributed by atoms with Gasteiger partial charge in [-0.15, -0.1) is 11.8 Å². The smallest absolute Gasteiger partial charge is 0.417 e. The van der Waals surface area contributed by atoms with E-state index in [0.717, 1.165) is 15.5 Å². The highest BCUT2D eigenvalue weighted by atomic mass is 32.2. The number of rotatable bonds is 4. The molecule has 174 valence electrons. The standard InChI is InChI=1S/C23H17F3N4O3S/c24-23(25,26)17-8-14(7-6-13(17)10-27)30-21(32)20-18-9-15(29(20)22(30)33)11-28(18)19(31)12-34-16-4-2-1-3-5-16/h1-8,15,18,32H,9,11-12H2/t15-,18?/m1/s1. The van der Waals surface area contributed by atoms with E-state index in [1.165, 1.54) is 28.5 Å². The molecular formula is C23H17F3N4O3S. The molecule has 0 spiro atoms. The number of fused-ring (bicyclic) bond motifs is 5. The molecule has 2 atom stereocenters. The van der Waals surface area contributed by atoms with Crippen LogP contribution in [0, 0.1) is 11.3 Å². The first-order valence-corrected chi connectivity index (χ1v) is 11.3. The van der Waals surface area contributed by atoms with Crippen molar-refractivity contribution < 1.29 is 23.1 Å². The highest BCUT2D eigenvalue weighted by molar-refractivity contribution is 8.00. The van der Waals surface area contributed by atoms with E-state index in [-0.39, 0.29) is 35.6 Å². The molecule has 0 radical (unpaired) electrons. The molecule has 1 amide bonds. The Kier molecular flexibility index (Phi) is 5.20. The predicted octanol–water partition coefficient (Wildman–Crippen LogP) is 3.86. The Hall–Kier alpha value is -3.65. The highest BCUT2D eigenvalue weighted by Crippen LogP contribution is 2.49. The first-order valence-electron chi connectivity index (χ1n) is 10.4. The Morgan fingerprint density at radius 1 is 1.21 bits per heavy atom. The van der Waals surface area contributed by atoms with Gasteiger partial charge in [0, 0.05) is 11.4 Å². The van der Waals surface area contributed by atoms with Crippen molar-refractivity contribution in [2.24, 2.45) is 0 Å². The molecule has 0 aliphatic carbocycles. The molecule has 2 aliphatic heterocycles. The zero-order valence-corrected chi connectivity index (χ0v) is 18.3. The van der Waals surface area contributed by atoms with Gasteiger partial charge in [0.1, 0.15) is 5.69 Å². The Labute approximate surface area is 195 Å². The molecule has 3 aromatic rings. The van der Waals surface area contributed by atoms with Gasteiger partial charge in [-0.2, -0.15) is 18.4 Å². The fourth-order valence-corrected chi connectivity index (χ4v) is 5.51. The van der Waals surface area contributed by atoms with Crippen molar-refractivity contribution in [1.82, 2.24) is 14.0 Å². The topological polar surface area (TPSA) is 91.3 Å². The number of aromatic hydroxyl groups is 1. The Morgan fingerprint density at radius 3 is 2.62 bits per heavy atom. The molecular weight excluding hydrogens is 469 g/mol. The minimum absolute atomic E-state index is 0.148. The minimum Gasteiger partial charge on any atom is -0.493 e. The molecule has 2 aromatic carbocycles. The maximum Gasteiger partial charge on any atom is 0.417 e. The van der Waals surface area contributed by atoms with Gasteiger partial charge in [0.2, 0.25) is 11.8 Å². The lowest BCUT2D eigenvalue weighted by atomic mass is 10.1. The van der Waals surface area contributed by atoms with Crippen LogP contribution in [0.25, 0.3) is 5.69 Å². The van der Waals surface area contributed by atoms with Gasteiger partial charge in [0.05, 0.1) is 40.7 Å². The van der Waals surface area contributed by atoms with Crippen LogP contribution in [0.2, 0.25) is 0 Å². The van der Waals surface area contributed by atoms with Crippen LogP contribution >= 0.6 is 11.8 Å². The number of halogens is 3. The van der Waals surface area contributed by atoms with Crippen molar-refractivity contribution in [1.29, 1.82) is 5.26 Å². The van der Waals surface area contributed by atoms with Gasteiger partial charge in [-0.05, 0) is 36.8 Å². The van der Waals surface area contributed by atoms with Gasteiger partial charge in [-0.1, -0.05) is 18.2 Å². The molecule has 0 saturated carbocycles. The van der Waals surface area contributed by atoms with Crippen molar-refractivity contribution in [3.05, 3.63) is 75.8 Å². The summed E-state index contributed by atoms with van der Waals surface area (Å²) in [7, 11) is 0. The summed E-state index contributed by atoms with van der Waals surface area (Å²) >= 11 is 1.38. The van der Waals surface area contributed by atoms with E-state index < -0.39 is 34.9 Å². The molecule has 2 aliphatic rings. The monoisotopic (exact) mass is 486 g/mol. The second-order valence-electron chi connectivity index (χ2n) is 8.09. The molecule has 2 bridgehead atoms. The summed E-state index contributed by atoms with van der Waals surface area (Å²) in [5, 5.41) is 19.9. The Bertz CT molecular complexity index is 1390. The van der Waals surface area contributed by atoms with Gasteiger partial charge in [-0.3, -0.25) is 9.36 Å². The summed E-state index contributed by atoms with van der Waals surface area (Å²) < 4.78 is 42.4. The number of benzene rings is 2. The van der Waals surface area contributed by atoms with Gasteiger partial charge in [0.15, 0.2) is 0 Å². The van der Waals surface area contributed by atoms with Crippen LogP contribution in [0.15, 0.2) is 58.2 Å². The second-order valence-corrected chi connectivity index (χ2v) is 9.14. The Morgan fingerprint density at radius 2 is 1.94 bits per heavy atom. The molecule has 1 saturated heterocycles. The number of nitriles is 1. The average Bonchev–Trinajstić information content (AvgIpc) is 3.48. The number of hydrogen-bond acceptors (Lipinski definition) is 5. The van der Waals surface area contributed by atoms with Crippen LogP contribution in [-0.2, 0) is 11.0 Å². The normalized spacial score (nSPS) is 18.7. The number of thioether (sulfide) groups is 1. The fraction of sp³-hybridized carbons (Fsp3) is 0.261. The van der Waals surface area contributed by atoms with E-state index in [1.807, 2.05) is 30.3 Å². The van der Waals surface area contributed by atoms with E-state index in [4.69, 9.17) is 5.26 Å². The van der Waals surface area contributed by atoms with Crippen LogP contribution in [0.1, 0.15) is 35.3 Å². The van der Waals surface area contributed by atoms with Crippen LogP contribution in [0.4, 0.5) is 13.2 Å². The molecule has 3 heterocycles. The van der Waals surface area contributed by atoms with Crippen LogP contribution < -0.4 is 5.69 Å². The van der Waals surface area contributed by atoms with E-state index >= 15 is 0 Å². The lowest BCUT2D eigenvalue weighted by molar-refractivity contribution is -0.137. The molecule has 1 N–H and O–H groups in total. The molecule has 1 unspecified atom stereocenters. The van der Waals surface area contributed by atoms with Crippen LogP contribution in [0.5, 0.6) is 5.88 Å². The maximum absolute atomic E-state index is 13.4. The maximum atomic E-state index is 13.4. The zero-order valence-electron chi connectivity index (χ0n) is 17.5. The number of carbonyl (C=O) groups excluding carboxylic acids is 1. The highest BCUT2D eigenvalue weighted by Gasteiger charge is 2.49. The molecule has 1 aromatic heterocycles. The molecule has 11 heteroatoms. The summed E-state index contributed by atoms with van der Waals surface area (Å²) in [5.41, 5.74) is -2.43. The number of aromatic nitrogens is 2. The fourth-order valence-electron chi connectivity index (χ4n) is 4.70. The largest absolute Gasteiger partial charge is 0.493 e. The van der Waals surface area contributed by atoms with Crippen molar-refractivity contribution in [2.45, 2.75) is 29.6 Å². The minimum atomic E-state index is -4.80. The van der Waals surface area contributed by atoms with Gasteiger partial charge in [0.25, 0.3) is 0 Å². The summed E-state index contributed by atoms with van der Waals surface area (Å²) in [5.74, 6) is -0.461. The molecule has 34 heavy (non-hydrogen) atoms. The predicted molar refractivity (Wildman–Crippen MR) is 117 cm³/mol. The third kappa shape index (κ3) is 3.45. The second kappa shape index (κ2) is 7.99. The zero-order chi connectivity index (χ0) is 24.2. The van der Waals surface area contributed by atoms with E-state index in [1.54, 1.807) is 4.90 Å². The lowest BCUT2D eigenvalue weighted by Crippen LogP contribution is -2.38. The van der Waals surface area contributed by atoms with Crippen molar-refractivity contribution >= 4 is 17.7 Å². The Balaban J connectivity index is 1.47. The van der Waals surface area contributed by atoms with Crippen molar-refractivity contribution in [2.75, 3.05) is 12.3 Å². The van der Waals surface area contributed by atoms with Crippen LogP contribution in [0.3, 0.4) is 0 Å². The molecule has 5 rings (SSSR count). The average molecular weight is 486 g/mol. The van der Waals surface area contributed by atoms with Crippen molar-refractivity contribution in [3.63, 3.8) is 0 Å². The number of carbonyl (C=O) groups is 1. The summed E-state index contributed by atoms with van der Waals surface area (Å²) in [6, 6.07) is 12.8. The van der Waals surface area contributed by atoms with Crippen LogP contribution in [-0.4, -0.2) is 37.3 Å². The number of alkyl halides is 3. The molecule has 1 fully saturated rings. The number of nitrogens with zero attached hydrogens (tertiary/aromatic N) is 4. The third-order valence-electron chi connectivity index (χ3n) is 6.17. The summed E-state index contributed by atoms with van der Waals surface area (Å²) in [6.45, 7) is 0.288. The van der Waals surface area contributed by atoms with E-state index in [9.17, 15) is 27.9 Å². The first-order chi connectivity index (χ1) is 16.2. The quantitative estimate of drug-likeness (QED) is 0.566. The number of amides is 1. The van der Waals surface area contributed by atoms with E-state index in [2.05, 4.69) is 0 Å². The summed E-state index contributed by atoms with van der Waals surface area (Å²) in [6.07, 6.45) is -4.34. The van der Waals surface area contributed by atoms with Crippen molar-refractivity contribution in [3.8, 4) is 17.6 Å². The number of imidazole rings is 1. The third-order valence-corrected chi connectivity index (χ3v) is 7.17. The lowest BCUT2D eigenvalue weighted by Gasteiger charge is -2.27. The van der Waals surface area contributed by atoms with Gasteiger partial charge < -0.3 is 10.0 Å². The number of likely N-dealkylation sites (tertiary alicyclic amines) is 1. The first kappa shape index (κ1) is 22.2. The SMILES string of the molecule is N#Cc1ccc(-n2c(O)c3n(c2=O)[C@@H]2CC3N(C(=O)CSc3ccccc3)C2)cc1C(F)(F)F. The summed E-state index contributed by atoms with van der Waals surface area (Å²) in [4.78, 5) is 28.5. The molecule has 7 nitrogen and oxygen atoms in total. The van der Waals surface area contributed by atoms with Gasteiger partial charge >= 0.3 is 11.9 Å².